The number of benzene rings is 1. The molecule has 0 radical (unpaired) electrons. The molecular formula is C16H19BrN2O. The van der Waals surface area contributed by atoms with Crippen LogP contribution in [-0.4, -0.2) is 15.6 Å². The molecule has 4 heteroatoms. The van der Waals surface area contributed by atoms with Gasteiger partial charge in [0, 0.05) is 12.1 Å². The van der Waals surface area contributed by atoms with E-state index in [1.54, 1.807) is 0 Å². The van der Waals surface area contributed by atoms with Gasteiger partial charge < -0.3 is 0 Å². The fraction of sp³-hybridized carbons (Fsp3) is 0.375. The SMILES string of the molecule is CCc1ccccc1C(=O)Cc1c(Br)c(C)nn1CC. The van der Waals surface area contributed by atoms with E-state index in [1.165, 1.54) is 0 Å². The first-order valence-corrected chi connectivity index (χ1v) is 7.70. The van der Waals surface area contributed by atoms with Gasteiger partial charge in [0.2, 0.25) is 0 Å². The van der Waals surface area contributed by atoms with Gasteiger partial charge in [0.15, 0.2) is 5.78 Å². The first-order chi connectivity index (χ1) is 9.58. The van der Waals surface area contributed by atoms with Crippen molar-refractivity contribution < 1.29 is 4.79 Å². The van der Waals surface area contributed by atoms with E-state index >= 15 is 0 Å². The summed E-state index contributed by atoms with van der Waals surface area (Å²) in [5, 5.41) is 4.44. The number of hydrogen-bond acceptors (Lipinski definition) is 2. The Bertz CT molecular complexity index is 631. The van der Waals surface area contributed by atoms with E-state index in [1.807, 2.05) is 42.8 Å². The number of aromatic nitrogens is 2. The Kier molecular flexibility index (Phi) is 4.76. The van der Waals surface area contributed by atoms with E-state index in [9.17, 15) is 4.79 Å². The Balaban J connectivity index is 2.33. The second-order valence-corrected chi connectivity index (χ2v) is 5.57. The number of halogens is 1. The van der Waals surface area contributed by atoms with Gasteiger partial charge in [0.25, 0.3) is 0 Å². The van der Waals surface area contributed by atoms with E-state index in [0.29, 0.717) is 6.42 Å². The van der Waals surface area contributed by atoms with Crippen molar-refractivity contribution in [3.8, 4) is 0 Å². The van der Waals surface area contributed by atoms with Crippen molar-refractivity contribution in [2.45, 2.75) is 40.2 Å². The second-order valence-electron chi connectivity index (χ2n) is 4.77. The van der Waals surface area contributed by atoms with Crippen LogP contribution in [0.5, 0.6) is 0 Å². The van der Waals surface area contributed by atoms with Crippen molar-refractivity contribution in [1.82, 2.24) is 9.78 Å². The third-order valence-electron chi connectivity index (χ3n) is 3.48. The summed E-state index contributed by atoms with van der Waals surface area (Å²) in [7, 11) is 0. The fourth-order valence-electron chi connectivity index (χ4n) is 2.39. The number of Topliss-reactive ketones (excluding diaryl/α,β-unsaturated/α-hetero) is 1. The minimum Gasteiger partial charge on any atom is -0.294 e. The molecule has 106 valence electrons. The summed E-state index contributed by atoms with van der Waals surface area (Å²) >= 11 is 3.54. The van der Waals surface area contributed by atoms with Gasteiger partial charge in [-0.05, 0) is 41.8 Å². The quantitative estimate of drug-likeness (QED) is 0.775. The van der Waals surface area contributed by atoms with Crippen LogP contribution < -0.4 is 0 Å². The van der Waals surface area contributed by atoms with Gasteiger partial charge in [-0.15, -0.1) is 0 Å². The molecule has 0 bridgehead atoms. The molecule has 20 heavy (non-hydrogen) atoms. The highest BCUT2D eigenvalue weighted by Gasteiger charge is 2.17. The van der Waals surface area contributed by atoms with Crippen LogP contribution in [0.4, 0.5) is 0 Å². The Morgan fingerprint density at radius 2 is 2.00 bits per heavy atom. The van der Waals surface area contributed by atoms with Crippen LogP contribution in [0.3, 0.4) is 0 Å². The number of rotatable bonds is 5. The van der Waals surface area contributed by atoms with E-state index < -0.39 is 0 Å². The monoisotopic (exact) mass is 334 g/mol. The standard InChI is InChI=1S/C16H19BrN2O/c1-4-12-8-6-7-9-13(12)15(20)10-14-16(17)11(3)18-19(14)5-2/h6-9H,4-5,10H2,1-3H3. The van der Waals surface area contributed by atoms with E-state index in [-0.39, 0.29) is 5.78 Å². The van der Waals surface area contributed by atoms with Crippen molar-refractivity contribution >= 4 is 21.7 Å². The lowest BCUT2D eigenvalue weighted by atomic mass is 9.99. The first-order valence-electron chi connectivity index (χ1n) is 6.91. The van der Waals surface area contributed by atoms with Crippen molar-refractivity contribution in [3.05, 3.63) is 51.3 Å². The van der Waals surface area contributed by atoms with Crippen LogP contribution in [0.15, 0.2) is 28.7 Å². The third-order valence-corrected chi connectivity index (χ3v) is 4.51. The zero-order valence-electron chi connectivity index (χ0n) is 12.1. The van der Waals surface area contributed by atoms with Gasteiger partial charge in [0.05, 0.1) is 22.3 Å². The zero-order chi connectivity index (χ0) is 14.7. The van der Waals surface area contributed by atoms with Crippen molar-refractivity contribution in [2.75, 3.05) is 0 Å². The van der Waals surface area contributed by atoms with Gasteiger partial charge in [0.1, 0.15) is 0 Å². The maximum absolute atomic E-state index is 12.6. The minimum atomic E-state index is 0.151. The van der Waals surface area contributed by atoms with Gasteiger partial charge >= 0.3 is 0 Å². The first kappa shape index (κ1) is 15.0. The van der Waals surface area contributed by atoms with Gasteiger partial charge in [-0.2, -0.15) is 5.10 Å². The molecule has 3 nitrogen and oxygen atoms in total. The van der Waals surface area contributed by atoms with Crippen LogP contribution >= 0.6 is 15.9 Å². The van der Waals surface area contributed by atoms with Crippen LogP contribution in [0, 0.1) is 6.92 Å². The number of carbonyl (C=O) groups is 1. The van der Waals surface area contributed by atoms with Gasteiger partial charge in [-0.25, -0.2) is 0 Å². The maximum Gasteiger partial charge on any atom is 0.169 e. The molecule has 0 atom stereocenters. The predicted molar refractivity (Wildman–Crippen MR) is 84.2 cm³/mol. The zero-order valence-corrected chi connectivity index (χ0v) is 13.7. The van der Waals surface area contributed by atoms with Gasteiger partial charge in [-0.3, -0.25) is 9.48 Å². The van der Waals surface area contributed by atoms with Crippen LogP contribution in [0.1, 0.15) is 41.2 Å². The fourth-order valence-corrected chi connectivity index (χ4v) is 2.81. The lowest BCUT2D eigenvalue weighted by molar-refractivity contribution is 0.0989. The minimum absolute atomic E-state index is 0.151. The van der Waals surface area contributed by atoms with E-state index in [2.05, 4.69) is 28.0 Å². The molecule has 0 N–H and O–H groups in total. The Hall–Kier alpha value is -1.42. The maximum atomic E-state index is 12.6. The molecule has 2 rings (SSSR count). The number of aryl methyl sites for hydroxylation is 3. The number of ketones is 1. The van der Waals surface area contributed by atoms with Crippen molar-refractivity contribution in [2.24, 2.45) is 0 Å². The van der Waals surface area contributed by atoms with Crippen molar-refractivity contribution in [3.63, 3.8) is 0 Å². The highest BCUT2D eigenvalue weighted by atomic mass is 79.9. The lowest BCUT2D eigenvalue weighted by Crippen LogP contribution is -2.11. The summed E-state index contributed by atoms with van der Waals surface area (Å²) < 4.78 is 2.84. The molecule has 0 aliphatic carbocycles. The summed E-state index contributed by atoms with van der Waals surface area (Å²) in [4.78, 5) is 12.6. The summed E-state index contributed by atoms with van der Waals surface area (Å²) in [6.07, 6.45) is 1.25. The van der Waals surface area contributed by atoms with Crippen LogP contribution in [0.2, 0.25) is 0 Å². The number of nitrogens with zero attached hydrogens (tertiary/aromatic N) is 2. The molecule has 1 aromatic carbocycles. The summed E-state index contributed by atoms with van der Waals surface area (Å²) in [6.45, 7) is 6.82. The molecule has 0 unspecified atom stereocenters. The summed E-state index contributed by atoms with van der Waals surface area (Å²) in [5.74, 6) is 0.151. The summed E-state index contributed by atoms with van der Waals surface area (Å²) in [5.41, 5.74) is 3.82. The Labute approximate surface area is 128 Å². The molecule has 2 aromatic rings. The summed E-state index contributed by atoms with van der Waals surface area (Å²) in [6, 6.07) is 7.83. The molecule has 0 fully saturated rings. The number of hydrogen-bond donors (Lipinski definition) is 0. The Morgan fingerprint density at radius 3 is 2.65 bits per heavy atom. The normalized spacial score (nSPS) is 10.8. The molecule has 0 spiro atoms. The topological polar surface area (TPSA) is 34.9 Å². The smallest absolute Gasteiger partial charge is 0.169 e. The molecule has 1 heterocycles. The van der Waals surface area contributed by atoms with E-state index in [4.69, 9.17) is 0 Å². The molecule has 0 aliphatic rings. The molecule has 0 saturated heterocycles. The highest BCUT2D eigenvalue weighted by molar-refractivity contribution is 9.10. The second kappa shape index (κ2) is 6.35. The molecular weight excluding hydrogens is 316 g/mol. The third kappa shape index (κ3) is 2.85. The average molecular weight is 335 g/mol. The van der Waals surface area contributed by atoms with Crippen molar-refractivity contribution in [1.29, 1.82) is 0 Å². The number of carbonyl (C=O) groups excluding carboxylic acids is 1. The average Bonchev–Trinajstić information content (AvgIpc) is 2.74. The molecule has 0 aliphatic heterocycles. The Morgan fingerprint density at radius 1 is 1.30 bits per heavy atom. The largest absolute Gasteiger partial charge is 0.294 e. The molecule has 0 saturated carbocycles. The lowest BCUT2D eigenvalue weighted by Gasteiger charge is -2.08. The molecule has 0 amide bonds. The van der Waals surface area contributed by atoms with Gasteiger partial charge in [-0.1, -0.05) is 31.2 Å². The highest BCUT2D eigenvalue weighted by Crippen LogP contribution is 2.23. The van der Waals surface area contributed by atoms with Crippen LogP contribution in [-0.2, 0) is 19.4 Å². The molecule has 1 aromatic heterocycles. The van der Waals surface area contributed by atoms with Crippen LogP contribution in [0.25, 0.3) is 0 Å². The van der Waals surface area contributed by atoms with E-state index in [0.717, 1.165) is 40.0 Å². The predicted octanol–water partition coefficient (Wildman–Crippen LogP) is 3.96.